The van der Waals surface area contributed by atoms with Crippen molar-refractivity contribution in [3.8, 4) is 0 Å². The predicted molar refractivity (Wildman–Crippen MR) is 85.6 cm³/mol. The van der Waals surface area contributed by atoms with E-state index in [9.17, 15) is 0 Å². The number of piperidine rings is 1. The van der Waals surface area contributed by atoms with E-state index in [1.54, 1.807) is 7.11 Å². The maximum Gasteiger partial charge on any atom is 0.223 e. The van der Waals surface area contributed by atoms with Crippen molar-refractivity contribution in [1.82, 2.24) is 4.90 Å². The highest BCUT2D eigenvalue weighted by molar-refractivity contribution is 5.93. The maximum absolute atomic E-state index is 5.98. The van der Waals surface area contributed by atoms with Crippen LogP contribution in [0.15, 0.2) is 45.7 Å². The molecule has 0 aromatic rings. The topological polar surface area (TPSA) is 89.2 Å². The van der Waals surface area contributed by atoms with Crippen LogP contribution in [0, 0.1) is 0 Å². The quantitative estimate of drug-likeness (QED) is 0.595. The van der Waals surface area contributed by atoms with Gasteiger partial charge in [0.15, 0.2) is 5.96 Å². The molecule has 0 aromatic carbocycles. The molecule has 1 heterocycles. The van der Waals surface area contributed by atoms with Gasteiger partial charge in [-0.2, -0.15) is 4.99 Å². The fraction of sp³-hybridized carbons (Fsp3) is 0.467. The number of nitrogens with zero attached hydrogens (tertiary/aromatic N) is 3. The Hall–Kier alpha value is -2.24. The highest BCUT2D eigenvalue weighted by Gasteiger charge is 2.12. The molecule has 1 aliphatic heterocycles. The zero-order valence-corrected chi connectivity index (χ0v) is 12.5. The molecule has 6 nitrogen and oxygen atoms in total. The zero-order chi connectivity index (χ0) is 15.1. The summed E-state index contributed by atoms with van der Waals surface area (Å²) in [5, 5.41) is 0. The Morgan fingerprint density at radius 2 is 2.00 bits per heavy atom. The number of hydrogen-bond donors (Lipinski definition) is 2. The van der Waals surface area contributed by atoms with Gasteiger partial charge in [-0.25, -0.2) is 4.99 Å². The van der Waals surface area contributed by atoms with E-state index in [4.69, 9.17) is 16.2 Å². The van der Waals surface area contributed by atoms with Gasteiger partial charge in [0.05, 0.1) is 12.8 Å². The molecule has 1 saturated heterocycles. The summed E-state index contributed by atoms with van der Waals surface area (Å²) in [4.78, 5) is 10.6. The lowest BCUT2D eigenvalue weighted by molar-refractivity contribution is 0.306. The van der Waals surface area contributed by atoms with Gasteiger partial charge in [0.2, 0.25) is 5.96 Å². The second-order valence-electron chi connectivity index (χ2n) is 5.03. The second kappa shape index (κ2) is 7.52. The Kier molecular flexibility index (Phi) is 5.43. The first-order valence-corrected chi connectivity index (χ1v) is 7.23. The van der Waals surface area contributed by atoms with Gasteiger partial charge < -0.3 is 21.1 Å². The van der Waals surface area contributed by atoms with Crippen LogP contribution in [0.5, 0.6) is 0 Å². The summed E-state index contributed by atoms with van der Waals surface area (Å²) in [5.74, 6) is 1.36. The van der Waals surface area contributed by atoms with Crippen molar-refractivity contribution in [2.24, 2.45) is 21.5 Å². The van der Waals surface area contributed by atoms with Crippen LogP contribution in [0.1, 0.15) is 25.7 Å². The van der Waals surface area contributed by atoms with Crippen molar-refractivity contribution in [2.45, 2.75) is 25.7 Å². The first-order valence-electron chi connectivity index (χ1n) is 7.23. The summed E-state index contributed by atoms with van der Waals surface area (Å²) in [5.41, 5.74) is 12.7. The Balaban J connectivity index is 2.07. The van der Waals surface area contributed by atoms with Crippen molar-refractivity contribution < 1.29 is 4.74 Å². The van der Waals surface area contributed by atoms with Crippen molar-refractivity contribution in [3.63, 3.8) is 0 Å². The van der Waals surface area contributed by atoms with E-state index in [1.165, 1.54) is 6.42 Å². The molecule has 0 spiro atoms. The maximum atomic E-state index is 5.98. The average molecular weight is 289 g/mol. The molecule has 0 aromatic heterocycles. The van der Waals surface area contributed by atoms with Gasteiger partial charge in [-0.15, -0.1) is 0 Å². The standard InChI is InChI=1S/C15H23N5O/c1-21-13-8-4-3-7-12(11-13)18-14(16)19-15(17)20-9-5-2-6-10-20/h3-4,8,11H,2,5-7,9-10H2,1H3,(H4,16,17,18,19). The molecular formula is C15H23N5O. The number of guanidine groups is 2. The molecule has 114 valence electrons. The molecule has 0 unspecified atom stereocenters. The van der Waals surface area contributed by atoms with Crippen LogP contribution >= 0.6 is 0 Å². The van der Waals surface area contributed by atoms with Gasteiger partial charge >= 0.3 is 0 Å². The lowest BCUT2D eigenvalue weighted by Gasteiger charge is -2.27. The molecule has 2 aliphatic rings. The number of nitrogens with two attached hydrogens (primary N) is 2. The number of allylic oxidation sites excluding steroid dienone is 4. The van der Waals surface area contributed by atoms with Crippen molar-refractivity contribution in [2.75, 3.05) is 20.2 Å². The summed E-state index contributed by atoms with van der Waals surface area (Å²) in [6.45, 7) is 1.87. The summed E-state index contributed by atoms with van der Waals surface area (Å²) >= 11 is 0. The number of hydrogen-bond acceptors (Lipinski definition) is 2. The van der Waals surface area contributed by atoms with E-state index in [1.807, 2.05) is 29.2 Å². The minimum atomic E-state index is 0.176. The fourth-order valence-electron chi connectivity index (χ4n) is 2.31. The van der Waals surface area contributed by atoms with Crippen LogP contribution in [-0.2, 0) is 4.74 Å². The van der Waals surface area contributed by atoms with E-state index in [0.717, 1.165) is 37.4 Å². The highest BCUT2D eigenvalue weighted by atomic mass is 16.5. The number of methoxy groups -OCH3 is 1. The second-order valence-corrected chi connectivity index (χ2v) is 5.03. The molecule has 0 atom stereocenters. The van der Waals surface area contributed by atoms with Crippen LogP contribution in [0.2, 0.25) is 0 Å². The summed E-state index contributed by atoms with van der Waals surface area (Å²) in [7, 11) is 1.62. The Bertz CT molecular complexity index is 510. The smallest absolute Gasteiger partial charge is 0.223 e. The zero-order valence-electron chi connectivity index (χ0n) is 12.5. The number of ether oxygens (including phenoxy) is 1. The normalized spacial score (nSPS) is 20.7. The van der Waals surface area contributed by atoms with Crippen molar-refractivity contribution >= 4 is 11.9 Å². The summed E-state index contributed by atoms with van der Waals surface area (Å²) < 4.78 is 5.21. The minimum Gasteiger partial charge on any atom is -0.497 e. The van der Waals surface area contributed by atoms with Gasteiger partial charge in [-0.1, -0.05) is 12.2 Å². The Labute approximate surface area is 125 Å². The minimum absolute atomic E-state index is 0.176. The van der Waals surface area contributed by atoms with E-state index in [-0.39, 0.29) is 5.96 Å². The monoisotopic (exact) mass is 289 g/mol. The molecule has 1 aliphatic carbocycles. The molecule has 1 fully saturated rings. The Morgan fingerprint density at radius 1 is 1.24 bits per heavy atom. The molecule has 21 heavy (non-hydrogen) atoms. The molecule has 4 N–H and O–H groups in total. The molecule has 6 heteroatoms. The van der Waals surface area contributed by atoms with Crippen LogP contribution in [0.3, 0.4) is 0 Å². The highest BCUT2D eigenvalue weighted by Crippen LogP contribution is 2.14. The van der Waals surface area contributed by atoms with Crippen molar-refractivity contribution in [1.29, 1.82) is 0 Å². The van der Waals surface area contributed by atoms with E-state index in [2.05, 4.69) is 9.98 Å². The van der Waals surface area contributed by atoms with E-state index in [0.29, 0.717) is 12.4 Å². The summed E-state index contributed by atoms with van der Waals surface area (Å²) in [6, 6.07) is 0. The van der Waals surface area contributed by atoms with Gasteiger partial charge in [0.1, 0.15) is 5.76 Å². The molecule has 0 bridgehead atoms. The van der Waals surface area contributed by atoms with Gasteiger partial charge in [0.25, 0.3) is 0 Å². The number of likely N-dealkylation sites (tertiary alicyclic amines) is 1. The van der Waals surface area contributed by atoms with Crippen LogP contribution < -0.4 is 11.5 Å². The third-order valence-electron chi connectivity index (χ3n) is 3.44. The fourth-order valence-corrected chi connectivity index (χ4v) is 2.31. The van der Waals surface area contributed by atoms with Crippen LogP contribution in [-0.4, -0.2) is 37.0 Å². The van der Waals surface area contributed by atoms with Gasteiger partial charge in [0, 0.05) is 25.6 Å². The first-order chi connectivity index (χ1) is 10.2. The van der Waals surface area contributed by atoms with Crippen LogP contribution in [0.25, 0.3) is 0 Å². The average Bonchev–Trinajstić information content (AvgIpc) is 2.73. The van der Waals surface area contributed by atoms with Gasteiger partial charge in [-0.05, 0) is 25.3 Å². The van der Waals surface area contributed by atoms with Gasteiger partial charge in [-0.3, -0.25) is 0 Å². The summed E-state index contributed by atoms with van der Waals surface area (Å²) in [6.07, 6.45) is 11.9. The van der Waals surface area contributed by atoms with Crippen molar-refractivity contribution in [3.05, 3.63) is 35.8 Å². The Morgan fingerprint density at radius 3 is 2.71 bits per heavy atom. The number of aliphatic imine (C=N–C) groups is 2. The molecule has 0 amide bonds. The molecule has 2 rings (SSSR count). The molecule has 0 saturated carbocycles. The largest absolute Gasteiger partial charge is 0.497 e. The van der Waals surface area contributed by atoms with E-state index < -0.39 is 0 Å². The molecular weight excluding hydrogens is 266 g/mol. The predicted octanol–water partition coefficient (Wildman–Crippen LogP) is 1.48. The SMILES string of the molecule is COC1=CC=CCC(N=C(N)/N=C(\N)N2CCCCC2)=C1. The van der Waals surface area contributed by atoms with E-state index >= 15 is 0 Å². The number of rotatable bonds is 2. The first kappa shape index (κ1) is 15.2. The lowest BCUT2D eigenvalue weighted by Crippen LogP contribution is -2.41. The van der Waals surface area contributed by atoms with Crippen LogP contribution in [0.4, 0.5) is 0 Å². The third-order valence-corrected chi connectivity index (χ3v) is 3.44. The molecule has 0 radical (unpaired) electrons. The lowest BCUT2D eigenvalue weighted by atomic mass is 10.1. The third kappa shape index (κ3) is 4.66.